The zero-order valence-corrected chi connectivity index (χ0v) is 18.2. The Bertz CT molecular complexity index is 1320. The van der Waals surface area contributed by atoms with Crippen molar-refractivity contribution in [2.24, 2.45) is 0 Å². The van der Waals surface area contributed by atoms with Crippen LogP contribution < -0.4 is 15.4 Å². The van der Waals surface area contributed by atoms with Crippen LogP contribution in [0.2, 0.25) is 0 Å². The van der Waals surface area contributed by atoms with Crippen LogP contribution in [0, 0.1) is 0 Å². The number of rotatable bonds is 8. The number of alkyl halides is 3. The van der Waals surface area contributed by atoms with Crippen LogP contribution in [0.25, 0.3) is 16.6 Å². The van der Waals surface area contributed by atoms with Gasteiger partial charge in [0.2, 0.25) is 5.88 Å². The number of benzene rings is 2. The minimum atomic E-state index is -4.48. The molecule has 0 bridgehead atoms. The lowest BCUT2D eigenvalue weighted by Gasteiger charge is -2.09. The lowest BCUT2D eigenvalue weighted by Crippen LogP contribution is -2.35. The molecule has 2 aromatic carbocycles. The van der Waals surface area contributed by atoms with Gasteiger partial charge < -0.3 is 15.4 Å². The Hall–Kier alpha value is -4.41. The molecule has 0 saturated carbocycles. The van der Waals surface area contributed by atoms with E-state index in [4.69, 9.17) is 0 Å². The van der Waals surface area contributed by atoms with Crippen molar-refractivity contribution in [2.75, 3.05) is 19.7 Å². The molecule has 2 heterocycles. The summed E-state index contributed by atoms with van der Waals surface area (Å²) in [7, 11) is 0. The number of halogens is 3. The highest BCUT2D eigenvalue weighted by Gasteiger charge is 2.28. The summed E-state index contributed by atoms with van der Waals surface area (Å²) < 4.78 is 42.8. The summed E-state index contributed by atoms with van der Waals surface area (Å²) in [4.78, 5) is 28.7. The van der Waals surface area contributed by atoms with E-state index in [-0.39, 0.29) is 30.2 Å². The predicted octanol–water partition coefficient (Wildman–Crippen LogP) is 3.52. The van der Waals surface area contributed by atoms with Gasteiger partial charge in [-0.1, -0.05) is 36.4 Å². The number of hydrogen-bond acceptors (Lipinski definition) is 5. The molecule has 0 unspecified atom stereocenters. The second-order valence-corrected chi connectivity index (χ2v) is 7.41. The van der Waals surface area contributed by atoms with E-state index in [1.165, 1.54) is 12.1 Å². The van der Waals surface area contributed by atoms with Crippen LogP contribution in [-0.2, 0) is 0 Å². The fourth-order valence-electron chi connectivity index (χ4n) is 3.29. The van der Waals surface area contributed by atoms with Crippen LogP contribution in [0.3, 0.4) is 0 Å². The maximum atomic E-state index is 12.8. The number of hydrogen-bond donors (Lipinski definition) is 2. The predicted molar refractivity (Wildman–Crippen MR) is 122 cm³/mol. The van der Waals surface area contributed by atoms with Crippen molar-refractivity contribution < 1.29 is 27.5 Å². The third kappa shape index (κ3) is 5.94. The van der Waals surface area contributed by atoms with Crippen molar-refractivity contribution in [3.05, 3.63) is 84.2 Å². The van der Waals surface area contributed by atoms with E-state index in [0.717, 1.165) is 17.4 Å². The summed E-state index contributed by atoms with van der Waals surface area (Å²) in [6.07, 6.45) is -3.36. The van der Waals surface area contributed by atoms with Crippen molar-refractivity contribution in [1.82, 2.24) is 25.4 Å². The standard InChI is InChI=1S/C24H20F3N5O3/c25-24(26,27)15-35-20-11-10-16(14-30-20)22(33)28-12-13-29-23(34)21-18-8-4-5-9-19(18)32(31-21)17-6-2-1-3-7-17/h1-11,14H,12-13,15H2,(H,28,33)(H,29,34). The quantitative estimate of drug-likeness (QED) is 0.374. The Labute approximate surface area is 197 Å². The van der Waals surface area contributed by atoms with Gasteiger partial charge in [-0.15, -0.1) is 0 Å². The van der Waals surface area contributed by atoms with Gasteiger partial charge in [0, 0.05) is 30.7 Å². The zero-order chi connectivity index (χ0) is 24.8. The number of para-hydroxylation sites is 2. The van der Waals surface area contributed by atoms with Crippen molar-refractivity contribution in [3.63, 3.8) is 0 Å². The molecule has 0 aliphatic carbocycles. The lowest BCUT2D eigenvalue weighted by molar-refractivity contribution is -0.154. The summed E-state index contributed by atoms with van der Waals surface area (Å²) >= 11 is 0. The summed E-state index contributed by atoms with van der Waals surface area (Å²) in [6, 6.07) is 19.3. The molecule has 8 nitrogen and oxygen atoms in total. The van der Waals surface area contributed by atoms with Crippen LogP contribution in [0.15, 0.2) is 72.9 Å². The van der Waals surface area contributed by atoms with E-state index in [0.29, 0.717) is 5.39 Å². The van der Waals surface area contributed by atoms with Crippen molar-refractivity contribution in [2.45, 2.75) is 6.18 Å². The van der Waals surface area contributed by atoms with Crippen LogP contribution in [0.1, 0.15) is 20.8 Å². The first-order valence-corrected chi connectivity index (χ1v) is 10.6. The number of aromatic nitrogens is 3. The normalized spacial score (nSPS) is 11.3. The van der Waals surface area contributed by atoms with Crippen LogP contribution in [0.5, 0.6) is 5.88 Å². The topological polar surface area (TPSA) is 98.1 Å². The molecule has 2 N–H and O–H groups in total. The third-order valence-electron chi connectivity index (χ3n) is 4.88. The number of nitrogens with one attached hydrogen (secondary N) is 2. The first kappa shape index (κ1) is 23.7. The number of carbonyl (C=O) groups excluding carboxylic acids is 2. The Morgan fingerprint density at radius 2 is 1.57 bits per heavy atom. The van der Waals surface area contributed by atoms with Crippen LogP contribution in [-0.4, -0.2) is 52.5 Å². The Morgan fingerprint density at radius 3 is 2.26 bits per heavy atom. The third-order valence-corrected chi connectivity index (χ3v) is 4.88. The van der Waals surface area contributed by atoms with Crippen LogP contribution in [0.4, 0.5) is 13.2 Å². The van der Waals surface area contributed by atoms with E-state index in [1.807, 2.05) is 54.6 Å². The second kappa shape index (κ2) is 10.2. The fraction of sp³-hybridized carbons (Fsp3) is 0.167. The Morgan fingerprint density at radius 1 is 0.886 bits per heavy atom. The van der Waals surface area contributed by atoms with Gasteiger partial charge >= 0.3 is 6.18 Å². The maximum absolute atomic E-state index is 12.8. The van der Waals surface area contributed by atoms with E-state index in [2.05, 4.69) is 25.5 Å². The van der Waals surface area contributed by atoms with E-state index in [9.17, 15) is 22.8 Å². The average molecular weight is 483 g/mol. The number of ether oxygens (including phenoxy) is 1. The van der Waals surface area contributed by atoms with Gasteiger partial charge in [0.15, 0.2) is 12.3 Å². The molecular formula is C24H20F3N5O3. The van der Waals surface area contributed by atoms with E-state index < -0.39 is 24.6 Å². The van der Waals surface area contributed by atoms with Gasteiger partial charge in [0.1, 0.15) is 0 Å². The first-order chi connectivity index (χ1) is 16.8. The second-order valence-electron chi connectivity index (χ2n) is 7.41. The molecule has 2 aromatic heterocycles. The maximum Gasteiger partial charge on any atom is 0.422 e. The minimum absolute atomic E-state index is 0.119. The van der Waals surface area contributed by atoms with Gasteiger partial charge in [-0.05, 0) is 24.3 Å². The average Bonchev–Trinajstić information content (AvgIpc) is 3.25. The van der Waals surface area contributed by atoms with Crippen molar-refractivity contribution >= 4 is 22.7 Å². The summed E-state index contributed by atoms with van der Waals surface area (Å²) in [5.74, 6) is -1.13. The molecule has 0 saturated heterocycles. The fourth-order valence-corrected chi connectivity index (χ4v) is 3.29. The molecular weight excluding hydrogens is 463 g/mol. The summed E-state index contributed by atoms with van der Waals surface area (Å²) in [5, 5.41) is 10.5. The van der Waals surface area contributed by atoms with Gasteiger partial charge in [-0.3, -0.25) is 9.59 Å². The molecule has 11 heteroatoms. The largest absolute Gasteiger partial charge is 0.468 e. The summed E-state index contributed by atoms with van der Waals surface area (Å²) in [5.41, 5.74) is 2.00. The highest BCUT2D eigenvalue weighted by Crippen LogP contribution is 2.22. The Kier molecular flexibility index (Phi) is 6.95. The number of carbonyl (C=O) groups is 2. The lowest BCUT2D eigenvalue weighted by atomic mass is 10.2. The van der Waals surface area contributed by atoms with Crippen molar-refractivity contribution in [1.29, 1.82) is 0 Å². The van der Waals surface area contributed by atoms with Gasteiger partial charge in [0.05, 0.1) is 16.8 Å². The molecule has 180 valence electrons. The highest BCUT2D eigenvalue weighted by molar-refractivity contribution is 6.05. The smallest absolute Gasteiger partial charge is 0.422 e. The minimum Gasteiger partial charge on any atom is -0.468 e. The number of fused-ring (bicyclic) bond motifs is 1. The van der Waals surface area contributed by atoms with Crippen molar-refractivity contribution in [3.8, 4) is 11.6 Å². The molecule has 0 aliphatic rings. The first-order valence-electron chi connectivity index (χ1n) is 10.6. The zero-order valence-electron chi connectivity index (χ0n) is 18.2. The molecule has 0 aliphatic heterocycles. The van der Waals surface area contributed by atoms with E-state index >= 15 is 0 Å². The molecule has 35 heavy (non-hydrogen) atoms. The van der Waals surface area contributed by atoms with Gasteiger partial charge in [0.25, 0.3) is 11.8 Å². The molecule has 4 aromatic rings. The molecule has 2 amide bonds. The van der Waals surface area contributed by atoms with Gasteiger partial charge in [-0.25, -0.2) is 9.67 Å². The van der Waals surface area contributed by atoms with Crippen LogP contribution >= 0.6 is 0 Å². The summed E-state index contributed by atoms with van der Waals surface area (Å²) in [6.45, 7) is -1.21. The molecule has 4 rings (SSSR count). The van der Waals surface area contributed by atoms with Gasteiger partial charge in [-0.2, -0.15) is 18.3 Å². The SMILES string of the molecule is O=C(NCCNC(=O)c1nn(-c2ccccc2)c2ccccc12)c1ccc(OCC(F)(F)F)nc1. The monoisotopic (exact) mass is 483 g/mol. The molecule has 0 fully saturated rings. The number of pyridine rings is 1. The van der Waals surface area contributed by atoms with E-state index in [1.54, 1.807) is 4.68 Å². The Balaban J connectivity index is 1.32. The molecule has 0 atom stereocenters. The molecule has 0 spiro atoms. The molecule has 0 radical (unpaired) electrons. The number of amides is 2. The number of nitrogens with zero attached hydrogens (tertiary/aromatic N) is 3. The highest BCUT2D eigenvalue weighted by atomic mass is 19.4.